The Morgan fingerprint density at radius 1 is 1.18 bits per heavy atom. The molecule has 17 heavy (non-hydrogen) atoms. The summed E-state index contributed by atoms with van der Waals surface area (Å²) in [6, 6.07) is 9.92. The molecule has 0 aliphatic carbocycles. The average Bonchev–Trinajstić information content (AvgIpc) is 2.68. The number of alkyl carbamates (subject to hydrolysis) is 1. The molecule has 1 N–H and O–H groups in total. The van der Waals surface area contributed by atoms with Gasteiger partial charge in [-0.15, -0.1) is 0 Å². The summed E-state index contributed by atoms with van der Waals surface area (Å²) in [4.78, 5) is 11.5. The number of hydrogen-bond acceptors (Lipinski definition) is 3. The first-order chi connectivity index (χ1) is 8.30. The topological polar surface area (TPSA) is 47.6 Å². The molecule has 1 aromatic carbocycles. The molecule has 2 aliphatic rings. The van der Waals surface area contributed by atoms with Crippen molar-refractivity contribution in [2.45, 2.75) is 24.5 Å². The van der Waals surface area contributed by atoms with Crippen molar-refractivity contribution in [3.8, 4) is 0 Å². The molecule has 2 heterocycles. The summed E-state index contributed by atoms with van der Waals surface area (Å²) in [6.07, 6.45) is 1.19. The lowest BCUT2D eigenvalue weighted by Gasteiger charge is -2.35. The normalized spacial score (nSPS) is 26.6. The van der Waals surface area contributed by atoms with Crippen molar-refractivity contribution in [1.82, 2.24) is 5.32 Å². The molecule has 3 rings (SSSR count). The predicted molar refractivity (Wildman–Crippen MR) is 61.6 cm³/mol. The number of ether oxygens (including phenoxy) is 2. The van der Waals surface area contributed by atoms with E-state index in [0.29, 0.717) is 13.2 Å². The van der Waals surface area contributed by atoms with Crippen LogP contribution in [0.5, 0.6) is 0 Å². The fourth-order valence-corrected chi connectivity index (χ4v) is 2.66. The van der Waals surface area contributed by atoms with E-state index >= 15 is 0 Å². The molecule has 1 amide bonds. The highest BCUT2D eigenvalue weighted by atomic mass is 16.6. The molecule has 0 saturated carbocycles. The zero-order valence-electron chi connectivity index (χ0n) is 9.52. The lowest BCUT2D eigenvalue weighted by molar-refractivity contribution is -0.0595. The minimum absolute atomic E-state index is 0.0555. The maximum absolute atomic E-state index is 11.5. The van der Waals surface area contributed by atoms with Crippen molar-refractivity contribution >= 4 is 6.09 Å². The van der Waals surface area contributed by atoms with Gasteiger partial charge >= 0.3 is 6.09 Å². The Balaban J connectivity index is 1.94. The van der Waals surface area contributed by atoms with E-state index in [0.717, 1.165) is 18.4 Å². The summed E-state index contributed by atoms with van der Waals surface area (Å²) in [7, 11) is 0. The van der Waals surface area contributed by atoms with Crippen molar-refractivity contribution in [2.75, 3.05) is 13.2 Å². The SMILES string of the molecule is O=C1N[C@@H](c2ccccc2)C2(CCOCC2)O1. The molecule has 2 fully saturated rings. The minimum atomic E-state index is -0.420. The van der Waals surface area contributed by atoms with Gasteiger partial charge in [-0.3, -0.25) is 0 Å². The fourth-order valence-electron chi connectivity index (χ4n) is 2.66. The van der Waals surface area contributed by atoms with Crippen LogP contribution in [-0.4, -0.2) is 24.9 Å². The van der Waals surface area contributed by atoms with Gasteiger partial charge in [-0.2, -0.15) is 0 Å². The summed E-state index contributed by atoms with van der Waals surface area (Å²) in [6.45, 7) is 1.30. The second-order valence-electron chi connectivity index (χ2n) is 4.55. The summed E-state index contributed by atoms with van der Waals surface area (Å²) in [5.41, 5.74) is 0.678. The summed E-state index contributed by atoms with van der Waals surface area (Å²) >= 11 is 0. The molecule has 2 aliphatic heterocycles. The molecule has 0 aromatic heterocycles. The van der Waals surface area contributed by atoms with Crippen LogP contribution in [0.25, 0.3) is 0 Å². The molecule has 4 heteroatoms. The van der Waals surface area contributed by atoms with Gasteiger partial charge < -0.3 is 14.8 Å². The van der Waals surface area contributed by atoms with Gasteiger partial charge in [0.2, 0.25) is 0 Å². The second-order valence-corrected chi connectivity index (χ2v) is 4.55. The molecule has 0 unspecified atom stereocenters. The van der Waals surface area contributed by atoms with E-state index in [2.05, 4.69) is 5.32 Å². The number of carbonyl (C=O) groups excluding carboxylic acids is 1. The van der Waals surface area contributed by atoms with Crippen molar-refractivity contribution in [1.29, 1.82) is 0 Å². The average molecular weight is 233 g/mol. The number of rotatable bonds is 1. The Bertz CT molecular complexity index is 412. The molecule has 4 nitrogen and oxygen atoms in total. The van der Waals surface area contributed by atoms with Crippen molar-refractivity contribution in [2.24, 2.45) is 0 Å². The van der Waals surface area contributed by atoms with E-state index in [9.17, 15) is 4.79 Å². The molecular weight excluding hydrogens is 218 g/mol. The zero-order chi connectivity index (χ0) is 11.7. The molecule has 1 atom stereocenters. The molecular formula is C13H15NO3. The van der Waals surface area contributed by atoms with E-state index < -0.39 is 5.60 Å². The van der Waals surface area contributed by atoms with E-state index in [1.54, 1.807) is 0 Å². The second kappa shape index (κ2) is 4.04. The largest absolute Gasteiger partial charge is 0.440 e. The smallest absolute Gasteiger partial charge is 0.408 e. The molecule has 2 saturated heterocycles. The Kier molecular flexibility index (Phi) is 2.52. The van der Waals surface area contributed by atoms with Crippen molar-refractivity contribution < 1.29 is 14.3 Å². The number of hydrogen-bond donors (Lipinski definition) is 1. The molecule has 1 aromatic rings. The molecule has 0 bridgehead atoms. The van der Waals surface area contributed by atoms with Gasteiger partial charge in [-0.05, 0) is 5.56 Å². The van der Waals surface area contributed by atoms with Crippen LogP contribution in [0.1, 0.15) is 24.4 Å². The summed E-state index contributed by atoms with van der Waals surface area (Å²) in [5.74, 6) is 0. The van der Waals surface area contributed by atoms with Gasteiger partial charge in [0.05, 0.1) is 19.3 Å². The van der Waals surface area contributed by atoms with Crippen LogP contribution >= 0.6 is 0 Å². The lowest BCUT2D eigenvalue weighted by Crippen LogP contribution is -2.42. The number of benzene rings is 1. The monoisotopic (exact) mass is 233 g/mol. The zero-order valence-corrected chi connectivity index (χ0v) is 9.52. The van der Waals surface area contributed by atoms with E-state index in [1.807, 2.05) is 30.3 Å². The highest BCUT2D eigenvalue weighted by molar-refractivity contribution is 5.71. The van der Waals surface area contributed by atoms with Crippen LogP contribution in [0.3, 0.4) is 0 Å². The predicted octanol–water partition coefficient (Wildman–Crippen LogP) is 2.02. The van der Waals surface area contributed by atoms with Crippen LogP contribution < -0.4 is 5.32 Å². The van der Waals surface area contributed by atoms with E-state index in [1.165, 1.54) is 0 Å². The first kappa shape index (κ1) is 10.6. The Morgan fingerprint density at radius 3 is 2.59 bits per heavy atom. The highest BCUT2D eigenvalue weighted by Crippen LogP contribution is 2.41. The third kappa shape index (κ3) is 1.78. The van der Waals surface area contributed by atoms with Gasteiger partial charge in [-0.25, -0.2) is 4.79 Å². The van der Waals surface area contributed by atoms with Gasteiger partial charge in [0.1, 0.15) is 5.60 Å². The van der Waals surface area contributed by atoms with Gasteiger partial charge in [0.15, 0.2) is 0 Å². The standard InChI is InChI=1S/C13H15NO3/c15-12-14-11(10-4-2-1-3-5-10)13(17-12)6-8-16-9-7-13/h1-5,11H,6-9H2,(H,14,15)/t11-/m0/s1. The maximum atomic E-state index is 11.5. The summed E-state index contributed by atoms with van der Waals surface area (Å²) < 4.78 is 10.9. The number of amides is 1. The Labute approximate surface area is 99.9 Å². The van der Waals surface area contributed by atoms with Gasteiger partial charge in [0.25, 0.3) is 0 Å². The van der Waals surface area contributed by atoms with Gasteiger partial charge in [-0.1, -0.05) is 30.3 Å². The van der Waals surface area contributed by atoms with Crippen LogP contribution in [0, 0.1) is 0 Å². The highest BCUT2D eigenvalue weighted by Gasteiger charge is 2.50. The number of nitrogens with one attached hydrogen (secondary N) is 1. The van der Waals surface area contributed by atoms with Crippen LogP contribution in [0.2, 0.25) is 0 Å². The molecule has 90 valence electrons. The summed E-state index contributed by atoms with van der Waals surface area (Å²) in [5, 5.41) is 2.91. The molecule has 0 radical (unpaired) electrons. The van der Waals surface area contributed by atoms with Crippen LogP contribution in [-0.2, 0) is 9.47 Å². The Morgan fingerprint density at radius 2 is 1.88 bits per heavy atom. The van der Waals surface area contributed by atoms with Crippen molar-refractivity contribution in [3.05, 3.63) is 35.9 Å². The van der Waals surface area contributed by atoms with Crippen LogP contribution in [0.4, 0.5) is 4.79 Å². The fraction of sp³-hybridized carbons (Fsp3) is 0.462. The third-order valence-corrected chi connectivity index (χ3v) is 3.56. The van der Waals surface area contributed by atoms with Gasteiger partial charge in [0, 0.05) is 12.8 Å². The lowest BCUT2D eigenvalue weighted by atomic mass is 9.83. The Hall–Kier alpha value is -1.55. The minimum Gasteiger partial charge on any atom is -0.440 e. The molecule has 1 spiro atoms. The first-order valence-corrected chi connectivity index (χ1v) is 5.92. The third-order valence-electron chi connectivity index (χ3n) is 3.56. The number of carbonyl (C=O) groups is 1. The maximum Gasteiger partial charge on any atom is 0.408 e. The van der Waals surface area contributed by atoms with Crippen LogP contribution in [0.15, 0.2) is 30.3 Å². The van der Waals surface area contributed by atoms with E-state index in [4.69, 9.17) is 9.47 Å². The quantitative estimate of drug-likeness (QED) is 0.807. The first-order valence-electron chi connectivity index (χ1n) is 5.92. The van der Waals surface area contributed by atoms with E-state index in [-0.39, 0.29) is 12.1 Å². The van der Waals surface area contributed by atoms with Crippen molar-refractivity contribution in [3.63, 3.8) is 0 Å².